The van der Waals surface area contributed by atoms with Crippen molar-refractivity contribution in [3.8, 4) is 11.5 Å². The fourth-order valence-electron chi connectivity index (χ4n) is 2.32. The maximum atomic E-state index is 5.94. The zero-order valence-corrected chi connectivity index (χ0v) is 9.74. The largest absolute Gasteiger partial charge is 0.453 e. The van der Waals surface area contributed by atoms with Crippen molar-refractivity contribution in [3.63, 3.8) is 0 Å². The molecule has 5 heteroatoms. The van der Waals surface area contributed by atoms with Crippen molar-refractivity contribution in [1.29, 1.82) is 0 Å². The first-order chi connectivity index (χ1) is 8.33. The van der Waals surface area contributed by atoms with E-state index < -0.39 is 0 Å². The van der Waals surface area contributed by atoms with Crippen LogP contribution in [0.3, 0.4) is 0 Å². The van der Waals surface area contributed by atoms with E-state index >= 15 is 0 Å². The summed E-state index contributed by atoms with van der Waals surface area (Å²) in [5.74, 6) is 1.46. The van der Waals surface area contributed by atoms with Crippen LogP contribution in [0.1, 0.15) is 5.56 Å². The summed E-state index contributed by atoms with van der Waals surface area (Å²) in [7, 11) is 0. The highest BCUT2D eigenvalue weighted by atomic mass is 16.7. The molecule has 0 radical (unpaired) electrons. The highest BCUT2D eigenvalue weighted by Gasteiger charge is 2.19. The molecule has 3 rings (SSSR count). The number of ether oxygens (including phenoxy) is 2. The van der Waals surface area contributed by atoms with Gasteiger partial charge in [-0.2, -0.15) is 0 Å². The fourth-order valence-corrected chi connectivity index (χ4v) is 2.32. The third-order valence-electron chi connectivity index (χ3n) is 3.18. The minimum absolute atomic E-state index is 0.274. The number of nitrogen functional groups attached to an aromatic ring is 1. The number of benzene rings is 1. The van der Waals surface area contributed by atoms with E-state index in [4.69, 9.17) is 15.2 Å². The van der Waals surface area contributed by atoms with Crippen molar-refractivity contribution in [2.24, 2.45) is 0 Å². The zero-order chi connectivity index (χ0) is 11.7. The van der Waals surface area contributed by atoms with Gasteiger partial charge in [-0.1, -0.05) is 0 Å². The number of nitrogens with two attached hydrogens (primary N) is 1. The van der Waals surface area contributed by atoms with Gasteiger partial charge < -0.3 is 20.5 Å². The lowest BCUT2D eigenvalue weighted by molar-refractivity contribution is 0.174. The van der Waals surface area contributed by atoms with Crippen LogP contribution >= 0.6 is 0 Å². The van der Waals surface area contributed by atoms with Crippen molar-refractivity contribution < 1.29 is 9.47 Å². The van der Waals surface area contributed by atoms with E-state index in [0.29, 0.717) is 11.4 Å². The molecule has 0 aliphatic carbocycles. The second-order valence-electron chi connectivity index (χ2n) is 4.44. The molecule has 2 heterocycles. The molecule has 1 fully saturated rings. The Labute approximate surface area is 100 Å². The molecular formula is C12H17N3O2. The van der Waals surface area contributed by atoms with Crippen LogP contribution in [0.15, 0.2) is 12.1 Å². The van der Waals surface area contributed by atoms with Gasteiger partial charge in [0.2, 0.25) is 6.79 Å². The smallest absolute Gasteiger partial charge is 0.231 e. The number of hydrogen-bond donors (Lipinski definition) is 2. The summed E-state index contributed by atoms with van der Waals surface area (Å²) in [6.45, 7) is 5.46. The maximum absolute atomic E-state index is 5.94. The van der Waals surface area contributed by atoms with Gasteiger partial charge in [-0.3, -0.25) is 4.90 Å². The Balaban J connectivity index is 1.76. The van der Waals surface area contributed by atoms with Gasteiger partial charge in [0.25, 0.3) is 0 Å². The van der Waals surface area contributed by atoms with Crippen LogP contribution in [0.4, 0.5) is 5.69 Å². The van der Waals surface area contributed by atoms with Gasteiger partial charge in [0, 0.05) is 32.7 Å². The normalized spacial score (nSPS) is 19.5. The van der Waals surface area contributed by atoms with Crippen LogP contribution < -0.4 is 20.5 Å². The molecule has 1 saturated heterocycles. The van der Waals surface area contributed by atoms with Crippen LogP contribution in [-0.2, 0) is 6.54 Å². The van der Waals surface area contributed by atoms with Gasteiger partial charge >= 0.3 is 0 Å². The first-order valence-corrected chi connectivity index (χ1v) is 5.94. The van der Waals surface area contributed by atoms with E-state index in [-0.39, 0.29) is 6.79 Å². The van der Waals surface area contributed by atoms with E-state index in [9.17, 15) is 0 Å². The van der Waals surface area contributed by atoms with E-state index in [1.54, 1.807) is 0 Å². The number of rotatable bonds is 2. The van der Waals surface area contributed by atoms with E-state index in [1.165, 1.54) is 5.56 Å². The molecule has 2 aliphatic heterocycles. The third kappa shape index (κ3) is 2.16. The summed E-state index contributed by atoms with van der Waals surface area (Å²) in [4.78, 5) is 2.41. The molecular weight excluding hydrogens is 218 g/mol. The number of hydrogen-bond acceptors (Lipinski definition) is 5. The monoisotopic (exact) mass is 235 g/mol. The van der Waals surface area contributed by atoms with Crippen LogP contribution in [0.5, 0.6) is 11.5 Å². The first kappa shape index (κ1) is 10.7. The molecule has 0 atom stereocenters. The summed E-state index contributed by atoms with van der Waals surface area (Å²) in [5.41, 5.74) is 7.80. The molecule has 0 aromatic heterocycles. The standard InChI is InChI=1S/C12H17N3O2/c13-10-5-9(6-11-12(10)17-8-16-11)7-15-3-1-14-2-4-15/h5-6,14H,1-4,7-8,13H2. The number of fused-ring (bicyclic) bond motifs is 1. The van der Waals surface area contributed by atoms with Gasteiger partial charge in [0.15, 0.2) is 11.5 Å². The Morgan fingerprint density at radius 3 is 2.88 bits per heavy atom. The van der Waals surface area contributed by atoms with Gasteiger partial charge in [0.05, 0.1) is 5.69 Å². The lowest BCUT2D eigenvalue weighted by atomic mass is 10.1. The van der Waals surface area contributed by atoms with Crippen molar-refractivity contribution >= 4 is 5.69 Å². The topological polar surface area (TPSA) is 59.8 Å². The number of anilines is 1. The van der Waals surface area contributed by atoms with Crippen LogP contribution in [0.2, 0.25) is 0 Å². The minimum atomic E-state index is 0.274. The van der Waals surface area contributed by atoms with Crippen LogP contribution in [0, 0.1) is 0 Å². The van der Waals surface area contributed by atoms with E-state index in [0.717, 1.165) is 38.5 Å². The third-order valence-corrected chi connectivity index (χ3v) is 3.18. The lowest BCUT2D eigenvalue weighted by Gasteiger charge is -2.27. The average Bonchev–Trinajstić information content (AvgIpc) is 2.79. The Bertz CT molecular complexity index is 416. The number of nitrogens with one attached hydrogen (secondary N) is 1. The molecule has 1 aromatic carbocycles. The predicted octanol–water partition coefficient (Wildman–Crippen LogP) is 0.403. The van der Waals surface area contributed by atoms with Gasteiger partial charge in [0.1, 0.15) is 0 Å². The highest BCUT2D eigenvalue weighted by molar-refractivity contribution is 5.63. The first-order valence-electron chi connectivity index (χ1n) is 5.94. The number of nitrogens with zero attached hydrogens (tertiary/aromatic N) is 1. The molecule has 2 aliphatic rings. The second kappa shape index (κ2) is 4.43. The van der Waals surface area contributed by atoms with Gasteiger partial charge in [-0.15, -0.1) is 0 Å². The maximum Gasteiger partial charge on any atom is 0.231 e. The van der Waals surface area contributed by atoms with Crippen molar-refractivity contribution in [2.75, 3.05) is 38.7 Å². The molecule has 0 bridgehead atoms. The molecule has 3 N–H and O–H groups in total. The summed E-state index contributed by atoms with van der Waals surface area (Å²) >= 11 is 0. The minimum Gasteiger partial charge on any atom is -0.453 e. The molecule has 1 aromatic rings. The molecule has 92 valence electrons. The molecule has 5 nitrogen and oxygen atoms in total. The van der Waals surface area contributed by atoms with Crippen molar-refractivity contribution in [2.45, 2.75) is 6.54 Å². The summed E-state index contributed by atoms with van der Waals surface area (Å²) in [6.07, 6.45) is 0. The Hall–Kier alpha value is -1.46. The van der Waals surface area contributed by atoms with Crippen molar-refractivity contribution in [3.05, 3.63) is 17.7 Å². The van der Waals surface area contributed by atoms with Crippen LogP contribution in [-0.4, -0.2) is 37.9 Å². The highest BCUT2D eigenvalue weighted by Crippen LogP contribution is 2.38. The molecule has 0 saturated carbocycles. The number of piperazine rings is 1. The average molecular weight is 235 g/mol. The SMILES string of the molecule is Nc1cc(CN2CCNCC2)cc2c1OCO2. The van der Waals surface area contributed by atoms with Crippen molar-refractivity contribution in [1.82, 2.24) is 10.2 Å². The van der Waals surface area contributed by atoms with E-state index in [1.807, 2.05) is 12.1 Å². The molecule has 17 heavy (non-hydrogen) atoms. The Morgan fingerprint density at radius 1 is 1.24 bits per heavy atom. The predicted molar refractivity (Wildman–Crippen MR) is 65.1 cm³/mol. The van der Waals surface area contributed by atoms with E-state index in [2.05, 4.69) is 10.2 Å². The fraction of sp³-hybridized carbons (Fsp3) is 0.500. The molecule has 0 unspecified atom stereocenters. The zero-order valence-electron chi connectivity index (χ0n) is 9.74. The summed E-state index contributed by atoms with van der Waals surface area (Å²) < 4.78 is 10.7. The quantitative estimate of drug-likeness (QED) is 0.727. The Kier molecular flexibility index (Phi) is 2.78. The van der Waals surface area contributed by atoms with Crippen LogP contribution in [0.25, 0.3) is 0 Å². The summed E-state index contributed by atoms with van der Waals surface area (Å²) in [6, 6.07) is 4.01. The van der Waals surface area contributed by atoms with Gasteiger partial charge in [-0.25, -0.2) is 0 Å². The van der Waals surface area contributed by atoms with Gasteiger partial charge in [-0.05, 0) is 17.7 Å². The molecule has 0 amide bonds. The lowest BCUT2D eigenvalue weighted by Crippen LogP contribution is -2.42. The second-order valence-corrected chi connectivity index (χ2v) is 4.44. The Morgan fingerprint density at radius 2 is 2.06 bits per heavy atom. The molecule has 0 spiro atoms. The summed E-state index contributed by atoms with van der Waals surface area (Å²) in [5, 5.41) is 3.34.